The highest BCUT2D eigenvalue weighted by atomic mass is 19.1. The summed E-state index contributed by atoms with van der Waals surface area (Å²) < 4.78 is 19.4. The van der Waals surface area contributed by atoms with Crippen molar-refractivity contribution in [2.24, 2.45) is 0 Å². The third-order valence-electron chi connectivity index (χ3n) is 5.29. The van der Waals surface area contributed by atoms with Gasteiger partial charge in [-0.15, -0.1) is 0 Å². The first-order valence-electron chi connectivity index (χ1n) is 9.68. The van der Waals surface area contributed by atoms with Crippen molar-refractivity contribution in [3.63, 3.8) is 0 Å². The fraction of sp³-hybridized carbons (Fsp3) is 0.318. The number of nitrogens with zero attached hydrogens (tertiary/aromatic N) is 3. The lowest BCUT2D eigenvalue weighted by molar-refractivity contribution is 0.0608. The van der Waals surface area contributed by atoms with Crippen LogP contribution < -0.4 is 0 Å². The molecule has 4 rings (SSSR count). The van der Waals surface area contributed by atoms with Crippen LogP contribution in [0, 0.1) is 5.82 Å². The minimum Gasteiger partial charge on any atom is -0.336 e. The van der Waals surface area contributed by atoms with E-state index in [1.54, 1.807) is 30.3 Å². The number of likely N-dealkylation sites (tertiary alicyclic amines) is 1. The molecule has 1 unspecified atom stereocenters. The molecule has 1 atom stereocenters. The SMILES string of the molecule is CCC1CCCCN1C(=O)c1ccccc1-c1nc(-c2ccccc2F)no1. The first-order valence-corrected chi connectivity index (χ1v) is 9.68. The van der Waals surface area contributed by atoms with Crippen LogP contribution in [0.3, 0.4) is 0 Å². The molecule has 6 heteroatoms. The van der Waals surface area contributed by atoms with Gasteiger partial charge in [-0.25, -0.2) is 4.39 Å². The number of rotatable bonds is 4. The molecule has 0 spiro atoms. The van der Waals surface area contributed by atoms with Crippen LogP contribution >= 0.6 is 0 Å². The minimum absolute atomic E-state index is 0.0206. The molecule has 144 valence electrons. The van der Waals surface area contributed by atoms with E-state index < -0.39 is 5.82 Å². The second-order valence-corrected chi connectivity index (χ2v) is 7.00. The van der Waals surface area contributed by atoms with E-state index in [-0.39, 0.29) is 29.2 Å². The van der Waals surface area contributed by atoms with Gasteiger partial charge in [-0.2, -0.15) is 4.98 Å². The molecule has 2 heterocycles. The van der Waals surface area contributed by atoms with Gasteiger partial charge in [0.25, 0.3) is 11.8 Å². The molecule has 1 fully saturated rings. The number of carbonyl (C=O) groups is 1. The monoisotopic (exact) mass is 379 g/mol. The maximum Gasteiger partial charge on any atom is 0.259 e. The fourth-order valence-electron chi connectivity index (χ4n) is 3.79. The van der Waals surface area contributed by atoms with Crippen LogP contribution in [0.2, 0.25) is 0 Å². The Morgan fingerprint density at radius 3 is 2.68 bits per heavy atom. The van der Waals surface area contributed by atoms with Gasteiger partial charge in [-0.05, 0) is 49.9 Å². The summed E-state index contributed by atoms with van der Waals surface area (Å²) in [6.45, 7) is 2.87. The molecule has 1 aromatic heterocycles. The normalized spacial score (nSPS) is 16.9. The van der Waals surface area contributed by atoms with Crippen LogP contribution in [-0.4, -0.2) is 33.5 Å². The molecule has 5 nitrogen and oxygen atoms in total. The summed E-state index contributed by atoms with van der Waals surface area (Å²) >= 11 is 0. The number of halogens is 1. The van der Waals surface area contributed by atoms with Crippen molar-refractivity contribution >= 4 is 5.91 Å². The number of hydrogen-bond acceptors (Lipinski definition) is 4. The summed E-state index contributed by atoms with van der Waals surface area (Å²) in [7, 11) is 0. The van der Waals surface area contributed by atoms with E-state index in [2.05, 4.69) is 17.1 Å². The highest BCUT2D eigenvalue weighted by Gasteiger charge is 2.28. The van der Waals surface area contributed by atoms with E-state index in [9.17, 15) is 9.18 Å². The third-order valence-corrected chi connectivity index (χ3v) is 5.29. The molecule has 2 aromatic carbocycles. The molecular weight excluding hydrogens is 357 g/mol. The molecule has 3 aromatic rings. The molecule has 1 saturated heterocycles. The molecule has 0 saturated carbocycles. The van der Waals surface area contributed by atoms with Crippen molar-refractivity contribution in [3.8, 4) is 22.8 Å². The fourth-order valence-corrected chi connectivity index (χ4v) is 3.79. The van der Waals surface area contributed by atoms with Crippen LogP contribution in [0.15, 0.2) is 53.1 Å². The predicted molar refractivity (Wildman–Crippen MR) is 104 cm³/mol. The summed E-state index contributed by atoms with van der Waals surface area (Å²) in [6, 6.07) is 13.8. The van der Waals surface area contributed by atoms with Crippen LogP contribution in [0.25, 0.3) is 22.8 Å². The molecule has 0 aliphatic carbocycles. The van der Waals surface area contributed by atoms with Crippen molar-refractivity contribution in [3.05, 3.63) is 59.9 Å². The first-order chi connectivity index (χ1) is 13.7. The molecule has 0 bridgehead atoms. The Bertz CT molecular complexity index is 985. The predicted octanol–water partition coefficient (Wildman–Crippen LogP) is 4.95. The third kappa shape index (κ3) is 3.42. The van der Waals surface area contributed by atoms with Crippen molar-refractivity contribution in [2.75, 3.05) is 6.54 Å². The Balaban J connectivity index is 1.69. The quantitative estimate of drug-likeness (QED) is 0.644. The van der Waals surface area contributed by atoms with E-state index >= 15 is 0 Å². The summed E-state index contributed by atoms with van der Waals surface area (Å²) in [5.41, 5.74) is 1.37. The van der Waals surface area contributed by atoms with Crippen molar-refractivity contribution in [1.29, 1.82) is 0 Å². The van der Waals surface area contributed by atoms with Crippen molar-refractivity contribution in [2.45, 2.75) is 38.6 Å². The molecule has 28 heavy (non-hydrogen) atoms. The Hall–Kier alpha value is -3.02. The van der Waals surface area contributed by atoms with Crippen LogP contribution in [0.5, 0.6) is 0 Å². The lowest BCUT2D eigenvalue weighted by Crippen LogP contribution is -2.43. The van der Waals surface area contributed by atoms with Crippen LogP contribution in [-0.2, 0) is 0 Å². The minimum atomic E-state index is -0.418. The average molecular weight is 379 g/mol. The van der Waals surface area contributed by atoms with Gasteiger partial charge in [0, 0.05) is 12.6 Å². The van der Waals surface area contributed by atoms with Gasteiger partial charge in [0.2, 0.25) is 5.82 Å². The smallest absolute Gasteiger partial charge is 0.259 e. The molecule has 0 N–H and O–H groups in total. The van der Waals surface area contributed by atoms with Crippen molar-refractivity contribution < 1.29 is 13.7 Å². The summed E-state index contributed by atoms with van der Waals surface area (Å²) in [5.74, 6) is -0.0573. The zero-order valence-electron chi connectivity index (χ0n) is 15.8. The van der Waals surface area contributed by atoms with Gasteiger partial charge < -0.3 is 9.42 Å². The Morgan fingerprint density at radius 2 is 1.89 bits per heavy atom. The maximum atomic E-state index is 14.0. The molecular formula is C22H22FN3O2. The molecule has 1 aliphatic heterocycles. The number of amides is 1. The van der Waals surface area contributed by atoms with E-state index in [4.69, 9.17) is 4.52 Å². The Morgan fingerprint density at radius 1 is 1.14 bits per heavy atom. The van der Waals surface area contributed by atoms with Gasteiger partial charge in [0.15, 0.2) is 0 Å². The number of aromatic nitrogens is 2. The molecule has 1 aliphatic rings. The lowest BCUT2D eigenvalue weighted by atomic mass is 9.97. The van der Waals surface area contributed by atoms with E-state index in [1.165, 1.54) is 6.07 Å². The average Bonchev–Trinajstić information content (AvgIpc) is 3.23. The van der Waals surface area contributed by atoms with E-state index in [0.717, 1.165) is 32.2 Å². The lowest BCUT2D eigenvalue weighted by Gasteiger charge is -2.35. The number of hydrogen-bond donors (Lipinski definition) is 0. The van der Waals surface area contributed by atoms with Gasteiger partial charge in [-0.1, -0.05) is 36.3 Å². The van der Waals surface area contributed by atoms with Gasteiger partial charge in [-0.3, -0.25) is 4.79 Å². The first kappa shape index (κ1) is 18.3. The number of benzene rings is 2. The topological polar surface area (TPSA) is 59.2 Å². The number of piperidine rings is 1. The van der Waals surface area contributed by atoms with Crippen LogP contribution in [0.4, 0.5) is 4.39 Å². The highest BCUT2D eigenvalue weighted by molar-refractivity contribution is 6.00. The summed E-state index contributed by atoms with van der Waals surface area (Å²) in [4.78, 5) is 19.6. The zero-order chi connectivity index (χ0) is 19.5. The molecule has 0 radical (unpaired) electrons. The highest BCUT2D eigenvalue weighted by Crippen LogP contribution is 2.29. The standard InChI is InChI=1S/C22H22FN3O2/c1-2-15-9-7-8-14-26(15)22(27)17-11-4-3-10-16(17)21-24-20(25-28-21)18-12-5-6-13-19(18)23/h3-6,10-13,15H,2,7-9,14H2,1H3. The van der Waals surface area contributed by atoms with Gasteiger partial charge in [0.05, 0.1) is 16.7 Å². The van der Waals surface area contributed by atoms with E-state index in [0.29, 0.717) is 11.1 Å². The summed E-state index contributed by atoms with van der Waals surface area (Å²) in [6.07, 6.45) is 4.14. The van der Waals surface area contributed by atoms with Gasteiger partial charge >= 0.3 is 0 Å². The molecule has 1 amide bonds. The van der Waals surface area contributed by atoms with Crippen LogP contribution in [0.1, 0.15) is 43.0 Å². The second-order valence-electron chi connectivity index (χ2n) is 7.00. The Kier molecular flexibility index (Phi) is 5.19. The largest absolute Gasteiger partial charge is 0.336 e. The second kappa shape index (κ2) is 7.92. The maximum absolute atomic E-state index is 14.0. The Labute approximate surface area is 163 Å². The zero-order valence-corrected chi connectivity index (χ0v) is 15.8. The number of carbonyl (C=O) groups excluding carboxylic acids is 1. The van der Waals surface area contributed by atoms with Gasteiger partial charge in [0.1, 0.15) is 5.82 Å². The van der Waals surface area contributed by atoms with E-state index in [1.807, 2.05) is 17.0 Å². The summed E-state index contributed by atoms with van der Waals surface area (Å²) in [5, 5.41) is 3.92. The van der Waals surface area contributed by atoms with Crippen molar-refractivity contribution in [1.82, 2.24) is 15.0 Å².